The highest BCUT2D eigenvalue weighted by Gasteiger charge is 2.48. The lowest BCUT2D eigenvalue weighted by atomic mass is 9.54. The van der Waals surface area contributed by atoms with E-state index in [0.29, 0.717) is 12.6 Å². The molecule has 1 N–H and O–H groups in total. The van der Waals surface area contributed by atoms with E-state index >= 15 is 0 Å². The summed E-state index contributed by atoms with van der Waals surface area (Å²) in [6.07, 6.45) is 6.94. The highest BCUT2D eigenvalue weighted by atomic mass is 16.2. The van der Waals surface area contributed by atoms with Gasteiger partial charge in [-0.05, 0) is 66.9 Å². The Morgan fingerprint density at radius 2 is 1.52 bits per heavy atom. The summed E-state index contributed by atoms with van der Waals surface area (Å²) in [4.78, 5) is 14.9. The molecule has 1 aromatic rings. The van der Waals surface area contributed by atoms with E-state index in [-0.39, 0.29) is 5.91 Å². The van der Waals surface area contributed by atoms with Gasteiger partial charge in [-0.25, -0.2) is 0 Å². The topological polar surface area (TPSA) is 32.3 Å². The molecule has 0 radical (unpaired) electrons. The maximum atomic E-state index is 12.6. The van der Waals surface area contributed by atoms with Gasteiger partial charge < -0.3 is 5.32 Å². The van der Waals surface area contributed by atoms with Gasteiger partial charge in [-0.2, -0.15) is 0 Å². The normalized spacial score (nSPS) is 37.8. The second-order valence-electron chi connectivity index (χ2n) is 8.44. The molecule has 0 saturated heterocycles. The number of amides is 1. The minimum absolute atomic E-state index is 0.246. The molecule has 4 bridgehead atoms. The third kappa shape index (κ3) is 2.50. The molecule has 122 valence electrons. The molecule has 5 aliphatic rings. The molecule has 3 nitrogen and oxygen atoms in total. The maximum absolute atomic E-state index is 12.6. The minimum Gasteiger partial charge on any atom is -0.352 e. The van der Waals surface area contributed by atoms with Gasteiger partial charge in [0.25, 0.3) is 0 Å². The van der Waals surface area contributed by atoms with Crippen LogP contribution in [0.3, 0.4) is 0 Å². The van der Waals surface area contributed by atoms with E-state index in [2.05, 4.69) is 34.5 Å². The Morgan fingerprint density at radius 3 is 2.09 bits per heavy atom. The summed E-state index contributed by atoms with van der Waals surface area (Å²) in [6.45, 7) is 2.40. The zero-order chi connectivity index (χ0) is 15.4. The lowest BCUT2D eigenvalue weighted by molar-refractivity contribution is -0.126. The molecule has 1 aromatic carbocycles. The number of fused-ring (bicyclic) bond motifs is 1. The van der Waals surface area contributed by atoms with Crippen molar-refractivity contribution in [2.75, 3.05) is 6.54 Å². The van der Waals surface area contributed by atoms with Gasteiger partial charge in [0.15, 0.2) is 0 Å². The van der Waals surface area contributed by atoms with Crippen LogP contribution in [0, 0.1) is 23.7 Å². The molecule has 4 aliphatic carbocycles. The van der Waals surface area contributed by atoms with Crippen LogP contribution in [-0.4, -0.2) is 23.4 Å². The summed E-state index contributed by atoms with van der Waals surface area (Å²) in [5, 5.41) is 3.44. The van der Waals surface area contributed by atoms with E-state index in [0.717, 1.165) is 36.8 Å². The van der Waals surface area contributed by atoms with Crippen LogP contribution in [0.5, 0.6) is 0 Å². The van der Waals surface area contributed by atoms with Crippen LogP contribution in [-0.2, 0) is 17.9 Å². The molecule has 0 aromatic heterocycles. The summed E-state index contributed by atoms with van der Waals surface area (Å²) in [5.41, 5.74) is 2.77. The number of rotatable bonds is 3. The van der Waals surface area contributed by atoms with Gasteiger partial charge in [-0.15, -0.1) is 0 Å². The average Bonchev–Trinajstić information content (AvgIpc) is 2.92. The summed E-state index contributed by atoms with van der Waals surface area (Å²) in [6, 6.07) is 9.03. The van der Waals surface area contributed by atoms with Gasteiger partial charge in [0.2, 0.25) is 5.91 Å². The lowest BCUT2D eigenvalue weighted by Gasteiger charge is -2.54. The molecule has 0 atom stereocenters. The fraction of sp³-hybridized carbons (Fsp3) is 0.650. The first-order chi connectivity index (χ1) is 11.2. The second kappa shape index (κ2) is 5.34. The summed E-state index contributed by atoms with van der Waals surface area (Å²) >= 11 is 0. The average molecular weight is 310 g/mol. The number of carbonyl (C=O) groups excluding carboxylic acids is 1. The van der Waals surface area contributed by atoms with Crippen molar-refractivity contribution in [1.82, 2.24) is 10.2 Å². The molecular weight excluding hydrogens is 284 g/mol. The zero-order valence-corrected chi connectivity index (χ0v) is 13.7. The van der Waals surface area contributed by atoms with Crippen LogP contribution in [0.4, 0.5) is 0 Å². The summed E-state index contributed by atoms with van der Waals surface area (Å²) in [5.74, 6) is 3.73. The third-order valence-electron chi connectivity index (χ3n) is 6.83. The molecule has 6 rings (SSSR count). The molecule has 0 spiro atoms. The molecule has 1 heterocycles. The highest BCUT2D eigenvalue weighted by molar-refractivity contribution is 5.78. The molecule has 4 saturated carbocycles. The van der Waals surface area contributed by atoms with Crippen molar-refractivity contribution in [3.05, 3.63) is 35.4 Å². The zero-order valence-electron chi connectivity index (χ0n) is 13.7. The van der Waals surface area contributed by atoms with E-state index in [4.69, 9.17) is 0 Å². The molecule has 1 amide bonds. The standard InChI is InChI=1S/C20H26N2O/c23-19(12-22-10-15-3-1-2-4-16(15)11-22)21-20-17-6-13-5-14(8-17)9-18(20)7-13/h1-4,13-14,17-18,20H,5-12H2,(H,21,23). The van der Waals surface area contributed by atoms with Crippen LogP contribution >= 0.6 is 0 Å². The van der Waals surface area contributed by atoms with Gasteiger partial charge in [-0.3, -0.25) is 9.69 Å². The number of carbonyl (C=O) groups is 1. The van der Waals surface area contributed by atoms with Gasteiger partial charge in [0.05, 0.1) is 6.54 Å². The summed E-state index contributed by atoms with van der Waals surface area (Å²) < 4.78 is 0. The van der Waals surface area contributed by atoms with E-state index in [1.165, 1.54) is 43.2 Å². The SMILES string of the molecule is O=C(CN1Cc2ccccc2C1)NC1C2CC3CC(C2)CC1C3. The number of hydrogen-bond donors (Lipinski definition) is 1. The molecular formula is C20H26N2O. The third-order valence-corrected chi connectivity index (χ3v) is 6.83. The molecule has 3 heteroatoms. The van der Waals surface area contributed by atoms with Gasteiger partial charge in [-0.1, -0.05) is 24.3 Å². The van der Waals surface area contributed by atoms with Crippen LogP contribution in [0.1, 0.15) is 43.2 Å². The van der Waals surface area contributed by atoms with Gasteiger partial charge in [0.1, 0.15) is 0 Å². The maximum Gasteiger partial charge on any atom is 0.234 e. The smallest absolute Gasteiger partial charge is 0.234 e. The van der Waals surface area contributed by atoms with Crippen molar-refractivity contribution in [3.63, 3.8) is 0 Å². The van der Waals surface area contributed by atoms with Crippen molar-refractivity contribution in [2.45, 2.75) is 51.2 Å². The summed E-state index contributed by atoms with van der Waals surface area (Å²) in [7, 11) is 0. The van der Waals surface area contributed by atoms with Crippen molar-refractivity contribution in [2.24, 2.45) is 23.7 Å². The first-order valence-corrected chi connectivity index (χ1v) is 9.33. The number of nitrogens with zero attached hydrogens (tertiary/aromatic N) is 1. The molecule has 0 unspecified atom stereocenters. The molecule has 4 fully saturated rings. The van der Waals surface area contributed by atoms with Crippen molar-refractivity contribution < 1.29 is 4.79 Å². The fourth-order valence-electron chi connectivity index (χ4n) is 6.11. The fourth-order valence-corrected chi connectivity index (χ4v) is 6.11. The van der Waals surface area contributed by atoms with Crippen LogP contribution in [0.2, 0.25) is 0 Å². The Labute approximate surface area is 138 Å². The van der Waals surface area contributed by atoms with Gasteiger partial charge in [0, 0.05) is 19.1 Å². The minimum atomic E-state index is 0.246. The Kier molecular flexibility index (Phi) is 3.26. The largest absolute Gasteiger partial charge is 0.352 e. The lowest BCUT2D eigenvalue weighted by Crippen LogP contribution is -2.56. The Hall–Kier alpha value is -1.35. The number of nitrogens with one attached hydrogen (secondary N) is 1. The molecule has 1 aliphatic heterocycles. The highest BCUT2D eigenvalue weighted by Crippen LogP contribution is 2.53. The first-order valence-electron chi connectivity index (χ1n) is 9.33. The van der Waals surface area contributed by atoms with E-state index in [9.17, 15) is 4.79 Å². The molecule has 23 heavy (non-hydrogen) atoms. The quantitative estimate of drug-likeness (QED) is 0.931. The van der Waals surface area contributed by atoms with Crippen molar-refractivity contribution in [1.29, 1.82) is 0 Å². The van der Waals surface area contributed by atoms with E-state index in [1.807, 2.05) is 0 Å². The van der Waals surface area contributed by atoms with E-state index < -0.39 is 0 Å². The van der Waals surface area contributed by atoms with Crippen LogP contribution in [0.25, 0.3) is 0 Å². The predicted octanol–water partition coefficient (Wildman–Crippen LogP) is 2.94. The Bertz CT molecular complexity index is 573. The number of hydrogen-bond acceptors (Lipinski definition) is 2. The van der Waals surface area contributed by atoms with Gasteiger partial charge >= 0.3 is 0 Å². The van der Waals surface area contributed by atoms with Crippen molar-refractivity contribution in [3.8, 4) is 0 Å². The second-order valence-corrected chi connectivity index (χ2v) is 8.44. The predicted molar refractivity (Wildman–Crippen MR) is 89.5 cm³/mol. The number of benzene rings is 1. The first kappa shape index (κ1) is 14.0. The Balaban J connectivity index is 1.20. The van der Waals surface area contributed by atoms with E-state index in [1.54, 1.807) is 0 Å². The monoisotopic (exact) mass is 310 g/mol. The Morgan fingerprint density at radius 1 is 0.957 bits per heavy atom. The van der Waals surface area contributed by atoms with Crippen LogP contribution < -0.4 is 5.32 Å². The van der Waals surface area contributed by atoms with Crippen LogP contribution in [0.15, 0.2) is 24.3 Å². The van der Waals surface area contributed by atoms with Crippen molar-refractivity contribution >= 4 is 5.91 Å².